The number of benzene rings is 2. The van der Waals surface area contributed by atoms with Crippen molar-refractivity contribution < 1.29 is 14.6 Å². The molecule has 5 heteroatoms. The van der Waals surface area contributed by atoms with E-state index in [0.29, 0.717) is 25.1 Å². The van der Waals surface area contributed by atoms with Crippen molar-refractivity contribution in [2.45, 2.75) is 20.3 Å². The Morgan fingerprint density at radius 2 is 1.79 bits per heavy atom. The van der Waals surface area contributed by atoms with Crippen molar-refractivity contribution in [1.82, 2.24) is 4.90 Å². The number of esters is 1. The van der Waals surface area contributed by atoms with E-state index >= 15 is 0 Å². The van der Waals surface area contributed by atoms with Crippen molar-refractivity contribution in [3.8, 4) is 0 Å². The highest BCUT2D eigenvalue weighted by atomic mass is 35.5. The number of aliphatic hydroxyl groups excluding tert-OH is 1. The van der Waals surface area contributed by atoms with Gasteiger partial charge in [-0.2, -0.15) is 0 Å². The molecule has 2 aliphatic rings. The summed E-state index contributed by atoms with van der Waals surface area (Å²) in [6.07, 6.45) is 2.68. The normalized spacial score (nSPS) is 15.0. The van der Waals surface area contributed by atoms with Crippen molar-refractivity contribution in [3.63, 3.8) is 0 Å². The monoisotopic (exact) mass is 413 g/mol. The van der Waals surface area contributed by atoms with Crippen LogP contribution in [0, 0.1) is 6.92 Å². The van der Waals surface area contributed by atoms with E-state index in [1.54, 1.807) is 6.92 Å². The maximum atomic E-state index is 11.8. The van der Waals surface area contributed by atoms with Gasteiger partial charge in [0.05, 0.1) is 12.2 Å². The highest BCUT2D eigenvalue weighted by molar-refractivity contribution is 5.96. The van der Waals surface area contributed by atoms with Crippen LogP contribution in [0.15, 0.2) is 65.9 Å². The standard InChI is InChI=1S/C17H19NO3.C7H8.ClH/c1-2-21-17(20)15-11-18(8-7-16(15)19)10-13-9-12-5-3-4-6-14(12)13;1-7-5-3-2-4-6-7;/h3-6,9,19H,2,7-8,10-11H2,1H3;2-6H,1H3;1H. The smallest absolute Gasteiger partial charge is 0.338 e. The molecule has 0 fully saturated rings. The van der Waals surface area contributed by atoms with Gasteiger partial charge in [0.2, 0.25) is 0 Å². The molecule has 2 aromatic carbocycles. The van der Waals surface area contributed by atoms with Gasteiger partial charge in [0, 0.05) is 26.1 Å². The zero-order chi connectivity index (χ0) is 19.9. The summed E-state index contributed by atoms with van der Waals surface area (Å²) in [5.74, 6) is -0.227. The molecule has 2 aromatic rings. The predicted octanol–water partition coefficient (Wildman–Crippen LogP) is 5.04. The number of rotatable bonds is 4. The zero-order valence-electron chi connectivity index (χ0n) is 16.9. The number of carbonyl (C=O) groups is 1. The van der Waals surface area contributed by atoms with Crippen molar-refractivity contribution in [2.24, 2.45) is 0 Å². The molecule has 29 heavy (non-hydrogen) atoms. The fourth-order valence-electron chi connectivity index (χ4n) is 3.35. The topological polar surface area (TPSA) is 49.8 Å². The van der Waals surface area contributed by atoms with Crippen LogP contribution in [0.4, 0.5) is 0 Å². The Balaban J connectivity index is 0.000000319. The van der Waals surface area contributed by atoms with Gasteiger partial charge >= 0.3 is 5.97 Å². The highest BCUT2D eigenvalue weighted by Crippen LogP contribution is 2.33. The molecule has 4 nitrogen and oxygen atoms in total. The first-order valence-electron chi connectivity index (χ1n) is 9.70. The van der Waals surface area contributed by atoms with Crippen molar-refractivity contribution in [2.75, 3.05) is 26.2 Å². The first-order valence-corrected chi connectivity index (χ1v) is 9.70. The average molecular weight is 414 g/mol. The molecule has 0 saturated carbocycles. The summed E-state index contributed by atoms with van der Waals surface area (Å²) < 4.78 is 5.00. The molecule has 0 spiro atoms. The summed E-state index contributed by atoms with van der Waals surface area (Å²) in [5, 5.41) is 9.88. The van der Waals surface area contributed by atoms with Crippen LogP contribution in [0.25, 0.3) is 11.6 Å². The number of hydrogen-bond acceptors (Lipinski definition) is 4. The summed E-state index contributed by atoms with van der Waals surface area (Å²) >= 11 is 0. The number of ether oxygens (including phenoxy) is 1. The van der Waals surface area contributed by atoms with Gasteiger partial charge in [-0.05, 0) is 36.6 Å². The molecule has 0 amide bonds. The molecular weight excluding hydrogens is 386 g/mol. The molecule has 0 radical (unpaired) electrons. The summed E-state index contributed by atoms with van der Waals surface area (Å²) in [6.45, 7) is 6.19. The van der Waals surface area contributed by atoms with Crippen LogP contribution < -0.4 is 0 Å². The Morgan fingerprint density at radius 1 is 1.10 bits per heavy atom. The first kappa shape index (κ1) is 22.7. The van der Waals surface area contributed by atoms with Gasteiger partial charge in [-0.1, -0.05) is 60.2 Å². The number of nitrogens with zero attached hydrogens (tertiary/aromatic N) is 1. The van der Waals surface area contributed by atoms with Crippen LogP contribution >= 0.6 is 12.4 Å². The largest absolute Gasteiger partial charge is 0.512 e. The van der Waals surface area contributed by atoms with Crippen LogP contribution in [-0.2, 0) is 9.53 Å². The third kappa shape index (κ3) is 5.96. The first-order chi connectivity index (χ1) is 13.6. The van der Waals surface area contributed by atoms with E-state index in [1.807, 2.05) is 30.3 Å². The van der Waals surface area contributed by atoms with Gasteiger partial charge in [-0.3, -0.25) is 4.90 Å². The van der Waals surface area contributed by atoms with Crippen LogP contribution in [0.5, 0.6) is 0 Å². The quantitative estimate of drug-likeness (QED) is 0.713. The Labute approximate surface area is 178 Å². The number of hydrogen-bond donors (Lipinski definition) is 1. The third-order valence-electron chi connectivity index (χ3n) is 4.89. The predicted molar refractivity (Wildman–Crippen MR) is 120 cm³/mol. The van der Waals surface area contributed by atoms with Gasteiger partial charge in [-0.15, -0.1) is 12.4 Å². The van der Waals surface area contributed by atoms with E-state index in [9.17, 15) is 9.90 Å². The molecule has 1 aliphatic carbocycles. The summed E-state index contributed by atoms with van der Waals surface area (Å²) in [5.41, 5.74) is 5.57. The van der Waals surface area contributed by atoms with Crippen molar-refractivity contribution >= 4 is 30.0 Å². The lowest BCUT2D eigenvalue weighted by Gasteiger charge is -2.31. The number of carbonyl (C=O) groups excluding carboxylic acids is 1. The summed E-state index contributed by atoms with van der Waals surface area (Å²) in [6, 6.07) is 18.6. The second-order valence-electron chi connectivity index (χ2n) is 7.02. The molecule has 0 aromatic heterocycles. The lowest BCUT2D eigenvalue weighted by Crippen LogP contribution is -2.36. The van der Waals surface area contributed by atoms with Crippen LogP contribution in [0.1, 0.15) is 30.0 Å². The van der Waals surface area contributed by atoms with Gasteiger partial charge in [0.15, 0.2) is 0 Å². The summed E-state index contributed by atoms with van der Waals surface area (Å²) in [4.78, 5) is 14.0. The van der Waals surface area contributed by atoms with Crippen LogP contribution in [-0.4, -0.2) is 42.2 Å². The lowest BCUT2D eigenvalue weighted by atomic mass is 9.88. The molecule has 0 atom stereocenters. The van der Waals surface area contributed by atoms with Crippen molar-refractivity contribution in [1.29, 1.82) is 0 Å². The molecule has 1 N–H and O–H groups in total. The Hall–Kier alpha value is -2.56. The van der Waals surface area contributed by atoms with E-state index in [1.165, 1.54) is 22.3 Å². The Morgan fingerprint density at radius 3 is 2.41 bits per heavy atom. The minimum absolute atomic E-state index is 0. The Kier molecular flexibility index (Phi) is 8.50. The van der Waals surface area contributed by atoms with Gasteiger partial charge in [0.1, 0.15) is 5.76 Å². The third-order valence-corrected chi connectivity index (χ3v) is 4.89. The van der Waals surface area contributed by atoms with Gasteiger partial charge in [0.25, 0.3) is 0 Å². The SMILES string of the molecule is CCOC(=O)C1=C(O)CCN(CC2=Cc3ccccc32)C1.Cc1ccccc1.Cl. The lowest BCUT2D eigenvalue weighted by molar-refractivity contribution is -0.139. The van der Waals surface area contributed by atoms with Crippen LogP contribution in [0.2, 0.25) is 0 Å². The average Bonchev–Trinajstić information content (AvgIpc) is 2.68. The van der Waals surface area contributed by atoms with Crippen LogP contribution in [0.3, 0.4) is 0 Å². The van der Waals surface area contributed by atoms with Gasteiger partial charge < -0.3 is 9.84 Å². The number of aliphatic hydroxyl groups is 1. The van der Waals surface area contributed by atoms with Gasteiger partial charge in [-0.25, -0.2) is 4.79 Å². The molecule has 0 saturated heterocycles. The molecule has 154 valence electrons. The highest BCUT2D eigenvalue weighted by Gasteiger charge is 2.26. The fourth-order valence-corrected chi connectivity index (χ4v) is 3.35. The maximum Gasteiger partial charge on any atom is 0.338 e. The van der Waals surface area contributed by atoms with Crippen molar-refractivity contribution in [3.05, 3.63) is 82.6 Å². The molecule has 0 bridgehead atoms. The molecule has 1 heterocycles. The van der Waals surface area contributed by atoms with E-state index in [-0.39, 0.29) is 18.2 Å². The second-order valence-corrected chi connectivity index (χ2v) is 7.02. The Bertz CT molecular complexity index is 890. The maximum absolute atomic E-state index is 11.8. The fraction of sp³-hybridized carbons (Fsp3) is 0.292. The minimum Gasteiger partial charge on any atom is -0.512 e. The summed E-state index contributed by atoms with van der Waals surface area (Å²) in [7, 11) is 0. The number of fused-ring (bicyclic) bond motifs is 1. The molecule has 4 rings (SSSR count). The number of aryl methyl sites for hydroxylation is 1. The molecule has 1 aliphatic heterocycles. The van der Waals surface area contributed by atoms with E-state index in [4.69, 9.17) is 4.74 Å². The number of halogens is 1. The van der Waals surface area contributed by atoms with E-state index in [0.717, 1.165) is 13.1 Å². The minimum atomic E-state index is -0.400. The second kappa shape index (κ2) is 10.8. The molecule has 0 unspecified atom stereocenters. The van der Waals surface area contributed by atoms with E-state index < -0.39 is 5.97 Å². The van der Waals surface area contributed by atoms with E-state index in [2.05, 4.69) is 42.2 Å². The zero-order valence-corrected chi connectivity index (χ0v) is 17.7. The molecular formula is C24H28ClNO3.